The van der Waals surface area contributed by atoms with Crippen molar-refractivity contribution in [2.24, 2.45) is 10.6 Å². The number of nitrogen functional groups attached to an aromatic ring is 1. The molecule has 2 fully saturated rings. The van der Waals surface area contributed by atoms with Crippen molar-refractivity contribution in [1.82, 2.24) is 39.8 Å². The lowest BCUT2D eigenvalue weighted by molar-refractivity contribution is -0.157. The number of benzene rings is 1. The molecule has 5 rings (SSSR count). The number of carboxylic acids is 1. The molecule has 4 heterocycles. The van der Waals surface area contributed by atoms with Crippen LogP contribution >= 0.6 is 35.1 Å². The van der Waals surface area contributed by atoms with Crippen LogP contribution in [-0.4, -0.2) is 92.5 Å². The summed E-state index contributed by atoms with van der Waals surface area (Å²) in [4.78, 5) is 49.1. The van der Waals surface area contributed by atoms with Crippen molar-refractivity contribution in [2.45, 2.75) is 29.3 Å². The molecule has 1 aromatic carbocycles. The number of fused-ring (bicyclic) bond motifs is 1. The lowest BCUT2D eigenvalue weighted by atomic mass is 9.89. The van der Waals surface area contributed by atoms with Gasteiger partial charge in [-0.25, -0.2) is 4.68 Å². The minimum Gasteiger partial charge on any atom is -0.481 e. The monoisotopic (exact) mass is 670 g/mol. The first-order valence-corrected chi connectivity index (χ1v) is 15.2. The normalized spacial score (nSPS) is 21.8. The van der Waals surface area contributed by atoms with E-state index in [0.29, 0.717) is 17.8 Å². The molecular weight excluding hydrogens is 650 g/mol. The lowest BCUT2D eigenvalue weighted by Crippen LogP contribution is -2.74. The molecule has 232 valence electrons. The van der Waals surface area contributed by atoms with Crippen LogP contribution in [0.25, 0.3) is 0 Å². The van der Waals surface area contributed by atoms with Gasteiger partial charge >= 0.3 is 12.1 Å². The van der Waals surface area contributed by atoms with E-state index in [-0.39, 0.29) is 34.8 Å². The van der Waals surface area contributed by atoms with Crippen LogP contribution in [0.15, 0.2) is 47.2 Å². The number of allylic oxidation sites excluding steroid dienone is 1. The van der Waals surface area contributed by atoms with Crippen LogP contribution in [0.5, 0.6) is 5.75 Å². The zero-order valence-corrected chi connectivity index (χ0v) is 24.6. The predicted molar refractivity (Wildman–Crippen MR) is 152 cm³/mol. The number of β-lactam (4-membered cyclic amide) rings is 1. The number of oxime groups is 1. The average Bonchev–Trinajstić information content (AvgIpc) is 3.63. The predicted octanol–water partition coefficient (Wildman–Crippen LogP) is 1.36. The Balaban J connectivity index is 1.28. The van der Waals surface area contributed by atoms with E-state index in [9.17, 15) is 32.7 Å². The van der Waals surface area contributed by atoms with Crippen molar-refractivity contribution >= 4 is 63.7 Å². The largest absolute Gasteiger partial charge is 0.481 e. The molecule has 2 aliphatic rings. The van der Waals surface area contributed by atoms with E-state index in [4.69, 9.17) is 10.6 Å². The van der Waals surface area contributed by atoms with Crippen LogP contribution in [0.1, 0.15) is 11.4 Å². The first kappa shape index (κ1) is 31.2. The zero-order valence-electron chi connectivity index (χ0n) is 22.2. The molecule has 3 aromatic rings. The van der Waals surface area contributed by atoms with Gasteiger partial charge in [0.05, 0.1) is 12.1 Å². The van der Waals surface area contributed by atoms with Crippen LogP contribution in [0.2, 0.25) is 0 Å². The third kappa shape index (κ3) is 6.33. The number of carbonyl (C=O) groups is 3. The number of halogens is 3. The van der Waals surface area contributed by atoms with Gasteiger partial charge in [-0.15, -0.1) is 23.4 Å². The van der Waals surface area contributed by atoms with Gasteiger partial charge in [-0.2, -0.15) is 22.5 Å². The number of nitrogens with one attached hydrogen (secondary N) is 1. The molecule has 0 bridgehead atoms. The quantitative estimate of drug-likeness (QED) is 0.0868. The van der Waals surface area contributed by atoms with E-state index in [0.717, 1.165) is 35.4 Å². The summed E-state index contributed by atoms with van der Waals surface area (Å²) in [5.74, 6) is -2.99. The van der Waals surface area contributed by atoms with Gasteiger partial charge in [-0.1, -0.05) is 29.1 Å². The van der Waals surface area contributed by atoms with E-state index in [1.54, 1.807) is 6.08 Å². The molecule has 15 nitrogen and oxygen atoms in total. The number of carboxylic acid groups (broad SMARTS) is 1. The maximum Gasteiger partial charge on any atom is 0.416 e. The molecule has 2 unspecified atom stereocenters. The average molecular weight is 671 g/mol. The Bertz CT molecular complexity index is 1630. The highest BCUT2D eigenvalue weighted by Gasteiger charge is 2.57. The second-order valence-corrected chi connectivity index (χ2v) is 12.3. The number of anilines is 1. The van der Waals surface area contributed by atoms with E-state index < -0.39 is 52.1 Å². The molecule has 4 N–H and O–H groups in total. The van der Waals surface area contributed by atoms with Crippen molar-refractivity contribution in [3.05, 3.63) is 48.3 Å². The third-order valence-corrected chi connectivity index (χ3v) is 9.81. The van der Waals surface area contributed by atoms with Crippen molar-refractivity contribution < 1.29 is 37.5 Å². The van der Waals surface area contributed by atoms with Gasteiger partial charge in [0.25, 0.3) is 5.91 Å². The number of thioether (sulfide) groups is 2. The molecule has 3 atom stereocenters. The maximum absolute atomic E-state index is 13.3. The van der Waals surface area contributed by atoms with Crippen LogP contribution < -0.4 is 15.9 Å². The smallest absolute Gasteiger partial charge is 0.416 e. The Hall–Kier alpha value is -4.24. The Morgan fingerprint density at radius 2 is 2.18 bits per heavy atom. The summed E-state index contributed by atoms with van der Waals surface area (Å²) in [5.41, 5.74) is 2.78. The van der Waals surface area contributed by atoms with Crippen LogP contribution in [-0.2, 0) is 27.1 Å². The number of aromatic nitrogens is 6. The van der Waals surface area contributed by atoms with Gasteiger partial charge < -0.3 is 25.9 Å². The molecule has 2 amide bonds. The number of alkyl halides is 3. The molecule has 44 heavy (non-hydrogen) atoms. The molecule has 0 aliphatic carbocycles. The van der Waals surface area contributed by atoms with E-state index >= 15 is 0 Å². The number of tetrazole rings is 1. The summed E-state index contributed by atoms with van der Waals surface area (Å²) in [7, 11) is 0. The zero-order chi connectivity index (χ0) is 31.6. The van der Waals surface area contributed by atoms with Crippen LogP contribution in [0.3, 0.4) is 0 Å². The van der Waals surface area contributed by atoms with Gasteiger partial charge in [-0.05, 0) is 28.6 Å². The molecule has 2 aliphatic heterocycles. The molecule has 21 heteroatoms. The van der Waals surface area contributed by atoms with Gasteiger partial charge in [0, 0.05) is 29.6 Å². The Morgan fingerprint density at radius 3 is 2.86 bits per heavy atom. The highest BCUT2D eigenvalue weighted by atomic mass is 32.2. The molecule has 2 saturated heterocycles. The highest BCUT2D eigenvalue weighted by molar-refractivity contribution is 8.00. The van der Waals surface area contributed by atoms with Crippen molar-refractivity contribution in [3.8, 4) is 5.75 Å². The SMILES string of the molecule is C=CCn1nnnc1SCC1(C(=O)O)CS[C@@H]2C(NC(=O)C(=NOc3cccc(C(F)(F)F)c3)c3nsc(N)n3)C(=O)N2C1. The molecule has 0 saturated carbocycles. The Morgan fingerprint density at radius 1 is 1.39 bits per heavy atom. The van der Waals surface area contributed by atoms with Crippen molar-refractivity contribution in [2.75, 3.05) is 23.8 Å². The number of hydrogen-bond donors (Lipinski definition) is 3. The van der Waals surface area contributed by atoms with Crippen molar-refractivity contribution in [1.29, 1.82) is 0 Å². The van der Waals surface area contributed by atoms with E-state index in [2.05, 4.69) is 41.9 Å². The summed E-state index contributed by atoms with van der Waals surface area (Å²) < 4.78 is 44.7. The number of aliphatic carboxylic acids is 1. The van der Waals surface area contributed by atoms with Crippen LogP contribution in [0, 0.1) is 5.41 Å². The third-order valence-electron chi connectivity index (χ3n) is 6.44. The number of nitrogens with zero attached hydrogens (tertiary/aromatic N) is 8. The second kappa shape index (κ2) is 12.4. The summed E-state index contributed by atoms with van der Waals surface area (Å²) in [6.07, 6.45) is -3.05. The molecular formula is C23H21F3N10O5S3. The van der Waals surface area contributed by atoms with E-state index in [1.807, 2.05) is 0 Å². The molecule has 0 radical (unpaired) electrons. The van der Waals surface area contributed by atoms with E-state index in [1.165, 1.54) is 27.4 Å². The number of hydrogen-bond acceptors (Lipinski definition) is 14. The van der Waals surface area contributed by atoms with Crippen molar-refractivity contribution in [3.63, 3.8) is 0 Å². The molecule has 2 aromatic heterocycles. The first-order chi connectivity index (χ1) is 20.9. The number of nitrogens with two attached hydrogens (primary N) is 1. The maximum atomic E-state index is 13.3. The van der Waals surface area contributed by atoms with Gasteiger partial charge in [0.1, 0.15) is 16.8 Å². The summed E-state index contributed by atoms with van der Waals surface area (Å²) in [5, 5.41) is 27.4. The topological polar surface area (TPSA) is 204 Å². The number of carbonyl (C=O) groups excluding carboxylic acids is 2. The van der Waals surface area contributed by atoms with Crippen LogP contribution in [0.4, 0.5) is 18.3 Å². The highest BCUT2D eigenvalue weighted by Crippen LogP contribution is 2.44. The van der Waals surface area contributed by atoms with Gasteiger partial charge in [0.2, 0.25) is 22.6 Å². The number of amides is 2. The Labute approximate surface area is 258 Å². The summed E-state index contributed by atoms with van der Waals surface area (Å²) in [6, 6.07) is 2.79. The fraction of sp³-hybridized carbons (Fsp3) is 0.348. The summed E-state index contributed by atoms with van der Waals surface area (Å²) in [6.45, 7) is 3.84. The fourth-order valence-electron chi connectivity index (χ4n) is 4.20. The fourth-order valence-corrected chi connectivity index (χ4v) is 7.38. The lowest BCUT2D eigenvalue weighted by Gasteiger charge is -2.53. The second-order valence-electron chi connectivity index (χ2n) is 9.44. The molecule has 0 spiro atoms. The first-order valence-electron chi connectivity index (χ1n) is 12.4. The Kier molecular flexibility index (Phi) is 8.79. The number of rotatable bonds is 11. The minimum absolute atomic E-state index is 0.0188. The standard InChI is InChI=1S/C23H21F3N10O5S3/c1-2-6-36-21(30-33-34-36)43-10-22(19(39)40)8-35-17(38)14(18(35)42-9-22)28-16(37)13(15-29-20(27)44-32-15)31-41-12-5-3-4-11(7-12)23(24,25)26/h2-5,7,14,18H,1,6,8-10H2,(H,28,37)(H,39,40)(H2,27,29,32)/t14?,18-,22?/m1/s1. The van der Waals surface area contributed by atoms with Gasteiger partial charge in [0.15, 0.2) is 10.9 Å². The van der Waals surface area contributed by atoms with Gasteiger partial charge in [-0.3, -0.25) is 14.4 Å². The summed E-state index contributed by atoms with van der Waals surface area (Å²) >= 11 is 3.05. The minimum atomic E-state index is -4.64.